The van der Waals surface area contributed by atoms with E-state index in [9.17, 15) is 4.79 Å². The first-order valence-electron chi connectivity index (χ1n) is 8.74. The molecule has 1 aliphatic rings. The van der Waals surface area contributed by atoms with Crippen molar-refractivity contribution in [3.05, 3.63) is 35.7 Å². The quantitative estimate of drug-likeness (QED) is 0.875. The van der Waals surface area contributed by atoms with Crippen molar-refractivity contribution in [3.8, 4) is 17.1 Å². The highest BCUT2D eigenvalue weighted by atomic mass is 16.5. The SMILES string of the molecule is COc1cccc(-c2nc3c([nH]2)CN([C@@H](C)C(=O)NC(C)C)CC3)c1. The summed E-state index contributed by atoms with van der Waals surface area (Å²) in [6.45, 7) is 7.46. The number of rotatable bonds is 5. The molecule has 1 atom stereocenters. The van der Waals surface area contributed by atoms with Gasteiger partial charge < -0.3 is 15.0 Å². The Labute approximate surface area is 148 Å². The lowest BCUT2D eigenvalue weighted by Gasteiger charge is -2.31. The molecule has 0 aliphatic carbocycles. The van der Waals surface area contributed by atoms with E-state index in [0.29, 0.717) is 6.54 Å². The Morgan fingerprint density at radius 3 is 2.88 bits per heavy atom. The summed E-state index contributed by atoms with van der Waals surface area (Å²) in [7, 11) is 1.66. The standard InChI is InChI=1S/C19H26N4O2/c1-12(2)20-19(24)13(3)23-9-8-16-17(11-23)22-18(21-16)14-6-5-7-15(10-14)25-4/h5-7,10,12-13H,8-9,11H2,1-4H3,(H,20,24)(H,21,22)/t13-/m0/s1. The summed E-state index contributed by atoms with van der Waals surface area (Å²) in [4.78, 5) is 22.6. The molecule has 2 N–H and O–H groups in total. The fourth-order valence-electron chi connectivity index (χ4n) is 3.12. The normalized spacial score (nSPS) is 15.7. The molecule has 2 aromatic rings. The van der Waals surface area contributed by atoms with Gasteiger partial charge in [0.05, 0.1) is 24.5 Å². The van der Waals surface area contributed by atoms with Gasteiger partial charge in [-0.05, 0) is 32.9 Å². The van der Waals surface area contributed by atoms with Gasteiger partial charge in [-0.15, -0.1) is 0 Å². The molecule has 134 valence electrons. The maximum Gasteiger partial charge on any atom is 0.237 e. The van der Waals surface area contributed by atoms with E-state index in [0.717, 1.165) is 41.5 Å². The number of nitrogens with one attached hydrogen (secondary N) is 2. The second kappa shape index (κ2) is 7.27. The summed E-state index contributed by atoms with van der Waals surface area (Å²) in [5, 5.41) is 2.99. The summed E-state index contributed by atoms with van der Waals surface area (Å²) in [5.74, 6) is 1.74. The Morgan fingerprint density at radius 2 is 2.16 bits per heavy atom. The van der Waals surface area contributed by atoms with Crippen molar-refractivity contribution in [2.45, 2.75) is 45.8 Å². The maximum atomic E-state index is 12.3. The monoisotopic (exact) mass is 342 g/mol. The molecule has 1 aromatic heterocycles. The van der Waals surface area contributed by atoms with E-state index in [4.69, 9.17) is 9.72 Å². The summed E-state index contributed by atoms with van der Waals surface area (Å²) in [6, 6.07) is 7.87. The summed E-state index contributed by atoms with van der Waals surface area (Å²) >= 11 is 0. The summed E-state index contributed by atoms with van der Waals surface area (Å²) in [5.41, 5.74) is 3.18. The van der Waals surface area contributed by atoms with Gasteiger partial charge in [0.1, 0.15) is 11.6 Å². The van der Waals surface area contributed by atoms with Crippen LogP contribution in [0.4, 0.5) is 0 Å². The first-order chi connectivity index (χ1) is 12.0. The van der Waals surface area contributed by atoms with Crippen LogP contribution in [-0.4, -0.2) is 46.5 Å². The number of ether oxygens (including phenoxy) is 1. The van der Waals surface area contributed by atoms with Crippen LogP contribution in [-0.2, 0) is 17.8 Å². The van der Waals surface area contributed by atoms with Gasteiger partial charge in [-0.2, -0.15) is 0 Å². The predicted molar refractivity (Wildman–Crippen MR) is 97.4 cm³/mol. The van der Waals surface area contributed by atoms with Crippen LogP contribution < -0.4 is 10.1 Å². The predicted octanol–water partition coefficient (Wildman–Crippen LogP) is 2.36. The Balaban J connectivity index is 1.76. The lowest BCUT2D eigenvalue weighted by atomic mass is 10.1. The number of fused-ring (bicyclic) bond motifs is 1. The van der Waals surface area contributed by atoms with E-state index in [2.05, 4.69) is 15.2 Å². The third kappa shape index (κ3) is 3.85. The van der Waals surface area contributed by atoms with E-state index >= 15 is 0 Å². The smallest absolute Gasteiger partial charge is 0.237 e. The zero-order valence-electron chi connectivity index (χ0n) is 15.3. The summed E-state index contributed by atoms with van der Waals surface area (Å²) in [6.07, 6.45) is 0.842. The van der Waals surface area contributed by atoms with E-state index < -0.39 is 0 Å². The minimum Gasteiger partial charge on any atom is -0.497 e. The molecule has 0 saturated heterocycles. The van der Waals surface area contributed by atoms with E-state index in [-0.39, 0.29) is 18.0 Å². The van der Waals surface area contributed by atoms with Crippen LogP contribution in [0.1, 0.15) is 32.2 Å². The largest absolute Gasteiger partial charge is 0.497 e. The average molecular weight is 342 g/mol. The number of carbonyl (C=O) groups is 1. The molecule has 0 radical (unpaired) electrons. The van der Waals surface area contributed by atoms with Gasteiger partial charge in [0.25, 0.3) is 0 Å². The Hall–Kier alpha value is -2.34. The second-order valence-electron chi connectivity index (χ2n) is 6.80. The number of carbonyl (C=O) groups excluding carboxylic acids is 1. The van der Waals surface area contributed by atoms with Crippen molar-refractivity contribution in [2.24, 2.45) is 0 Å². The van der Waals surface area contributed by atoms with Crippen LogP contribution in [0.5, 0.6) is 5.75 Å². The number of hydrogen-bond donors (Lipinski definition) is 2. The number of amides is 1. The first-order valence-corrected chi connectivity index (χ1v) is 8.74. The van der Waals surface area contributed by atoms with Crippen LogP contribution in [0, 0.1) is 0 Å². The molecule has 0 bridgehead atoms. The van der Waals surface area contributed by atoms with Crippen LogP contribution in [0.3, 0.4) is 0 Å². The van der Waals surface area contributed by atoms with Crippen LogP contribution in [0.2, 0.25) is 0 Å². The van der Waals surface area contributed by atoms with Crippen molar-refractivity contribution >= 4 is 5.91 Å². The molecule has 1 aromatic carbocycles. The molecule has 1 aliphatic heterocycles. The lowest BCUT2D eigenvalue weighted by molar-refractivity contribution is -0.126. The van der Waals surface area contributed by atoms with Crippen LogP contribution in [0.15, 0.2) is 24.3 Å². The minimum atomic E-state index is -0.154. The highest BCUT2D eigenvalue weighted by Crippen LogP contribution is 2.26. The highest BCUT2D eigenvalue weighted by molar-refractivity contribution is 5.81. The van der Waals surface area contributed by atoms with Gasteiger partial charge in [-0.1, -0.05) is 12.1 Å². The number of aromatic nitrogens is 2. The summed E-state index contributed by atoms with van der Waals surface area (Å²) < 4.78 is 5.29. The van der Waals surface area contributed by atoms with Gasteiger partial charge in [-0.25, -0.2) is 4.98 Å². The van der Waals surface area contributed by atoms with Gasteiger partial charge in [-0.3, -0.25) is 9.69 Å². The molecule has 2 heterocycles. The number of methoxy groups -OCH3 is 1. The van der Waals surface area contributed by atoms with E-state index in [1.165, 1.54) is 0 Å². The molecule has 0 unspecified atom stereocenters. The zero-order valence-corrected chi connectivity index (χ0v) is 15.3. The first kappa shape index (κ1) is 17.5. The van der Waals surface area contributed by atoms with Gasteiger partial charge in [0.2, 0.25) is 5.91 Å². The Kier molecular flexibility index (Phi) is 5.08. The second-order valence-corrected chi connectivity index (χ2v) is 6.80. The van der Waals surface area contributed by atoms with Crippen LogP contribution in [0.25, 0.3) is 11.4 Å². The molecule has 0 saturated carbocycles. The molecule has 1 amide bonds. The third-order valence-corrected chi connectivity index (χ3v) is 4.56. The minimum absolute atomic E-state index is 0.0750. The van der Waals surface area contributed by atoms with Crippen molar-refractivity contribution in [2.75, 3.05) is 13.7 Å². The number of imidazole rings is 1. The Bertz CT molecular complexity index is 754. The number of H-pyrrole nitrogens is 1. The molecule has 25 heavy (non-hydrogen) atoms. The Morgan fingerprint density at radius 1 is 1.36 bits per heavy atom. The number of hydrogen-bond acceptors (Lipinski definition) is 4. The van der Waals surface area contributed by atoms with Gasteiger partial charge in [0, 0.05) is 31.1 Å². The van der Waals surface area contributed by atoms with Gasteiger partial charge in [0.15, 0.2) is 0 Å². The van der Waals surface area contributed by atoms with Crippen molar-refractivity contribution < 1.29 is 9.53 Å². The van der Waals surface area contributed by atoms with E-state index in [1.54, 1.807) is 7.11 Å². The number of nitrogens with zero attached hydrogens (tertiary/aromatic N) is 2. The fraction of sp³-hybridized carbons (Fsp3) is 0.474. The highest BCUT2D eigenvalue weighted by Gasteiger charge is 2.27. The average Bonchev–Trinajstić information content (AvgIpc) is 3.03. The number of aromatic amines is 1. The molecule has 0 fully saturated rings. The lowest BCUT2D eigenvalue weighted by Crippen LogP contribution is -2.48. The van der Waals surface area contributed by atoms with Crippen LogP contribution >= 0.6 is 0 Å². The van der Waals surface area contributed by atoms with Crippen molar-refractivity contribution in [3.63, 3.8) is 0 Å². The van der Waals surface area contributed by atoms with Gasteiger partial charge >= 0.3 is 0 Å². The molecule has 6 heteroatoms. The van der Waals surface area contributed by atoms with Crippen molar-refractivity contribution in [1.82, 2.24) is 20.2 Å². The van der Waals surface area contributed by atoms with Crippen molar-refractivity contribution in [1.29, 1.82) is 0 Å². The van der Waals surface area contributed by atoms with E-state index in [1.807, 2.05) is 45.0 Å². The maximum absolute atomic E-state index is 12.3. The molecular formula is C19H26N4O2. The molecule has 3 rings (SSSR count). The third-order valence-electron chi connectivity index (χ3n) is 4.56. The topological polar surface area (TPSA) is 70.2 Å². The number of benzene rings is 1. The zero-order chi connectivity index (χ0) is 18.0. The molecular weight excluding hydrogens is 316 g/mol. The fourth-order valence-corrected chi connectivity index (χ4v) is 3.12. The molecule has 6 nitrogen and oxygen atoms in total. The molecule has 0 spiro atoms.